The highest BCUT2D eigenvalue weighted by Crippen LogP contribution is 2.21. The smallest absolute Gasteiger partial charge is 0.412 e. The first-order chi connectivity index (χ1) is 7.11. The molecule has 2 saturated heterocycles. The van der Waals surface area contributed by atoms with Crippen molar-refractivity contribution >= 4 is 6.09 Å². The molecule has 1 amide bonds. The summed E-state index contributed by atoms with van der Waals surface area (Å²) in [4.78, 5) is 12.4. The number of aliphatic hydroxyl groups is 3. The minimum Gasteiger partial charge on any atom is -0.447 e. The summed E-state index contributed by atoms with van der Waals surface area (Å²) in [5, 5.41) is 28.2. The zero-order chi connectivity index (χ0) is 11.0. The number of carbonyl (C=O) groups excluding carboxylic acids is 1. The standard InChI is InChI=1S/C8H13NO6/c10-4-3-15-7(6(12)5(4)11)9-1-2-14-8(9)13/h4-7,10-12H,1-3H2/t4-,5+,6+,7?/m1/s1. The van der Waals surface area contributed by atoms with Crippen LogP contribution in [0.25, 0.3) is 0 Å². The Morgan fingerprint density at radius 3 is 2.60 bits per heavy atom. The first-order valence-corrected chi connectivity index (χ1v) is 4.70. The molecule has 7 heteroatoms. The summed E-state index contributed by atoms with van der Waals surface area (Å²) in [7, 11) is 0. The van der Waals surface area contributed by atoms with Gasteiger partial charge in [0.25, 0.3) is 0 Å². The lowest BCUT2D eigenvalue weighted by Gasteiger charge is -2.38. The molecule has 0 aromatic rings. The van der Waals surface area contributed by atoms with Crippen LogP contribution in [-0.4, -0.2) is 70.6 Å². The molecule has 0 bridgehead atoms. The van der Waals surface area contributed by atoms with Gasteiger partial charge in [0.2, 0.25) is 0 Å². The largest absolute Gasteiger partial charge is 0.447 e. The van der Waals surface area contributed by atoms with Gasteiger partial charge in [0.05, 0.1) is 13.2 Å². The number of rotatable bonds is 1. The molecule has 2 rings (SSSR count). The van der Waals surface area contributed by atoms with E-state index in [2.05, 4.69) is 4.74 Å². The lowest BCUT2D eigenvalue weighted by Crippen LogP contribution is -2.59. The summed E-state index contributed by atoms with van der Waals surface area (Å²) >= 11 is 0. The fourth-order valence-electron chi connectivity index (χ4n) is 1.70. The second-order valence-electron chi connectivity index (χ2n) is 3.58. The van der Waals surface area contributed by atoms with E-state index in [9.17, 15) is 20.1 Å². The van der Waals surface area contributed by atoms with Crippen LogP contribution in [0.2, 0.25) is 0 Å². The van der Waals surface area contributed by atoms with Gasteiger partial charge >= 0.3 is 6.09 Å². The van der Waals surface area contributed by atoms with Crippen molar-refractivity contribution in [1.29, 1.82) is 0 Å². The Morgan fingerprint density at radius 1 is 1.27 bits per heavy atom. The van der Waals surface area contributed by atoms with Gasteiger partial charge in [-0.2, -0.15) is 0 Å². The molecule has 1 unspecified atom stereocenters. The van der Waals surface area contributed by atoms with E-state index in [1.54, 1.807) is 0 Å². The monoisotopic (exact) mass is 219 g/mol. The molecule has 4 atom stereocenters. The highest BCUT2D eigenvalue weighted by Gasteiger charge is 2.44. The third-order valence-corrected chi connectivity index (χ3v) is 2.57. The molecule has 2 aliphatic rings. The highest BCUT2D eigenvalue weighted by molar-refractivity contribution is 5.69. The van der Waals surface area contributed by atoms with Crippen molar-refractivity contribution in [2.75, 3.05) is 19.8 Å². The van der Waals surface area contributed by atoms with Crippen molar-refractivity contribution in [3.63, 3.8) is 0 Å². The molecule has 0 radical (unpaired) electrons. The van der Waals surface area contributed by atoms with Crippen LogP contribution in [0.3, 0.4) is 0 Å². The van der Waals surface area contributed by atoms with E-state index in [0.717, 1.165) is 0 Å². The first kappa shape index (κ1) is 10.6. The molecular weight excluding hydrogens is 206 g/mol. The van der Waals surface area contributed by atoms with Gasteiger partial charge in [0, 0.05) is 0 Å². The van der Waals surface area contributed by atoms with Crippen LogP contribution in [0, 0.1) is 0 Å². The van der Waals surface area contributed by atoms with Gasteiger partial charge in [-0.1, -0.05) is 0 Å². The molecule has 0 aliphatic carbocycles. The zero-order valence-electron chi connectivity index (χ0n) is 7.94. The first-order valence-electron chi connectivity index (χ1n) is 4.70. The summed E-state index contributed by atoms with van der Waals surface area (Å²) in [6, 6.07) is 0. The van der Waals surface area contributed by atoms with Crippen LogP contribution in [0.4, 0.5) is 4.79 Å². The molecule has 0 aromatic carbocycles. The lowest BCUT2D eigenvalue weighted by atomic mass is 10.0. The Morgan fingerprint density at radius 2 is 2.00 bits per heavy atom. The molecule has 3 N–H and O–H groups in total. The minimum absolute atomic E-state index is 0.118. The molecule has 2 fully saturated rings. The third-order valence-electron chi connectivity index (χ3n) is 2.57. The number of hydrogen-bond donors (Lipinski definition) is 3. The zero-order valence-corrected chi connectivity index (χ0v) is 7.94. The average molecular weight is 219 g/mol. The van der Waals surface area contributed by atoms with Crippen LogP contribution < -0.4 is 0 Å². The number of cyclic esters (lactones) is 1. The molecule has 0 saturated carbocycles. The average Bonchev–Trinajstić information content (AvgIpc) is 2.62. The number of ether oxygens (including phenoxy) is 2. The number of nitrogens with zero attached hydrogens (tertiary/aromatic N) is 1. The molecule has 0 spiro atoms. The van der Waals surface area contributed by atoms with Crippen molar-refractivity contribution < 1.29 is 29.6 Å². The quantitative estimate of drug-likeness (QED) is 0.466. The van der Waals surface area contributed by atoms with Crippen molar-refractivity contribution in [2.45, 2.75) is 24.5 Å². The van der Waals surface area contributed by atoms with Gasteiger partial charge in [0.15, 0.2) is 6.23 Å². The summed E-state index contributed by atoms with van der Waals surface area (Å²) in [6.45, 7) is 0.431. The maximum atomic E-state index is 11.2. The van der Waals surface area contributed by atoms with Gasteiger partial charge in [-0.15, -0.1) is 0 Å². The van der Waals surface area contributed by atoms with E-state index in [0.29, 0.717) is 6.54 Å². The summed E-state index contributed by atoms with van der Waals surface area (Å²) in [6.07, 6.45) is -5.28. The van der Waals surface area contributed by atoms with E-state index >= 15 is 0 Å². The maximum Gasteiger partial charge on any atom is 0.412 e. The Labute approximate surface area is 85.8 Å². The lowest BCUT2D eigenvalue weighted by molar-refractivity contribution is -0.217. The van der Waals surface area contributed by atoms with Crippen LogP contribution in [-0.2, 0) is 9.47 Å². The van der Waals surface area contributed by atoms with Gasteiger partial charge in [0.1, 0.15) is 24.9 Å². The summed E-state index contributed by atoms with van der Waals surface area (Å²) < 4.78 is 9.77. The highest BCUT2D eigenvalue weighted by atomic mass is 16.6. The normalized spacial score (nSPS) is 41.8. The fourth-order valence-corrected chi connectivity index (χ4v) is 1.70. The van der Waals surface area contributed by atoms with Gasteiger partial charge in [-0.05, 0) is 0 Å². The van der Waals surface area contributed by atoms with E-state index < -0.39 is 30.6 Å². The Balaban J connectivity index is 2.06. The third kappa shape index (κ3) is 1.78. The predicted molar refractivity (Wildman–Crippen MR) is 45.8 cm³/mol. The predicted octanol–water partition coefficient (Wildman–Crippen LogP) is -2.12. The number of aliphatic hydroxyl groups excluding tert-OH is 3. The number of hydrogen-bond acceptors (Lipinski definition) is 6. The second kappa shape index (κ2) is 3.93. The SMILES string of the molecule is O=C1OCCN1C1OC[C@@H](O)[C@H](O)[C@@H]1O. The maximum absolute atomic E-state index is 11.2. The molecule has 0 aromatic heterocycles. The van der Waals surface area contributed by atoms with Crippen LogP contribution >= 0.6 is 0 Å². The van der Waals surface area contributed by atoms with Gasteiger partial charge in [-0.25, -0.2) is 4.79 Å². The van der Waals surface area contributed by atoms with Crippen LogP contribution in [0.15, 0.2) is 0 Å². The van der Waals surface area contributed by atoms with Crippen LogP contribution in [0.5, 0.6) is 0 Å². The van der Waals surface area contributed by atoms with Crippen molar-refractivity contribution in [3.05, 3.63) is 0 Å². The summed E-state index contributed by atoms with van der Waals surface area (Å²) in [5.41, 5.74) is 0. The van der Waals surface area contributed by atoms with Gasteiger partial charge < -0.3 is 24.8 Å². The molecule has 7 nitrogen and oxygen atoms in total. The molecule has 86 valence electrons. The van der Waals surface area contributed by atoms with E-state index in [1.807, 2.05) is 0 Å². The summed E-state index contributed by atoms with van der Waals surface area (Å²) in [5.74, 6) is 0. The second-order valence-corrected chi connectivity index (χ2v) is 3.58. The molecular formula is C8H13NO6. The Hall–Kier alpha value is -0.890. The van der Waals surface area contributed by atoms with Crippen LogP contribution in [0.1, 0.15) is 0 Å². The number of amides is 1. The van der Waals surface area contributed by atoms with Crippen molar-refractivity contribution in [1.82, 2.24) is 4.90 Å². The Kier molecular flexibility index (Phi) is 2.79. The minimum atomic E-state index is -1.32. The van der Waals surface area contributed by atoms with Crippen molar-refractivity contribution in [2.24, 2.45) is 0 Å². The molecule has 2 aliphatic heterocycles. The topological polar surface area (TPSA) is 99.5 Å². The fraction of sp³-hybridized carbons (Fsp3) is 0.875. The van der Waals surface area contributed by atoms with E-state index in [-0.39, 0.29) is 13.2 Å². The van der Waals surface area contributed by atoms with E-state index in [1.165, 1.54) is 4.90 Å². The number of carbonyl (C=O) groups is 1. The Bertz CT molecular complexity index is 260. The molecule has 15 heavy (non-hydrogen) atoms. The van der Waals surface area contributed by atoms with Crippen molar-refractivity contribution in [3.8, 4) is 0 Å². The molecule has 2 heterocycles. The van der Waals surface area contributed by atoms with E-state index in [4.69, 9.17) is 4.74 Å². The van der Waals surface area contributed by atoms with Gasteiger partial charge in [-0.3, -0.25) is 4.90 Å².